The van der Waals surface area contributed by atoms with Crippen LogP contribution in [0.15, 0.2) is 22.7 Å². The number of urea groups is 1. The second-order valence-electron chi connectivity index (χ2n) is 3.82. The first kappa shape index (κ1) is 16.3. The molecule has 1 unspecified atom stereocenters. The topological polar surface area (TPSA) is 96.9 Å². The molecule has 110 valence electrons. The number of anilines is 1. The third-order valence-electron chi connectivity index (χ3n) is 2.30. The Morgan fingerprint density at radius 1 is 1.35 bits per heavy atom. The Bertz CT molecular complexity index is 495. The molecule has 0 aliphatic rings. The molecular weight excluding hydrogens is 332 g/mol. The first-order chi connectivity index (χ1) is 9.46. The molecule has 1 rings (SSSR count). The highest BCUT2D eigenvalue weighted by Gasteiger charge is 2.19. The van der Waals surface area contributed by atoms with Crippen molar-refractivity contribution in [2.75, 3.05) is 26.1 Å². The third kappa shape index (κ3) is 5.06. The predicted octanol–water partition coefficient (Wildman–Crippen LogP) is 1.68. The van der Waals surface area contributed by atoms with Crippen LogP contribution < -0.4 is 15.4 Å². The maximum Gasteiger partial charge on any atom is 0.328 e. The number of nitrogens with one attached hydrogen (secondary N) is 2. The van der Waals surface area contributed by atoms with E-state index in [-0.39, 0.29) is 6.61 Å². The molecule has 8 heteroatoms. The summed E-state index contributed by atoms with van der Waals surface area (Å²) in [5.74, 6) is -0.616. The average Bonchev–Trinajstić information content (AvgIpc) is 2.37. The van der Waals surface area contributed by atoms with Crippen LogP contribution in [0.4, 0.5) is 10.5 Å². The van der Waals surface area contributed by atoms with Crippen LogP contribution in [0, 0.1) is 0 Å². The van der Waals surface area contributed by atoms with E-state index in [1.54, 1.807) is 18.2 Å². The van der Waals surface area contributed by atoms with Crippen LogP contribution in [0.2, 0.25) is 0 Å². The number of carbonyl (C=O) groups excluding carboxylic acids is 1. The maximum absolute atomic E-state index is 11.7. The Balaban J connectivity index is 2.70. The van der Waals surface area contributed by atoms with Crippen LogP contribution >= 0.6 is 15.9 Å². The Kier molecular flexibility index (Phi) is 6.26. The molecular formula is C12H15BrN2O5. The van der Waals surface area contributed by atoms with Gasteiger partial charge in [0.15, 0.2) is 6.04 Å². The summed E-state index contributed by atoms with van der Waals surface area (Å²) in [6.45, 7) is -0.120. The highest BCUT2D eigenvalue weighted by Crippen LogP contribution is 2.24. The molecule has 2 amide bonds. The maximum atomic E-state index is 11.7. The largest absolute Gasteiger partial charge is 0.497 e. The minimum atomic E-state index is -1.17. The van der Waals surface area contributed by atoms with Crippen molar-refractivity contribution in [3.05, 3.63) is 22.7 Å². The van der Waals surface area contributed by atoms with Gasteiger partial charge in [-0.25, -0.2) is 9.59 Å². The van der Waals surface area contributed by atoms with Gasteiger partial charge in [-0.1, -0.05) is 15.9 Å². The molecule has 20 heavy (non-hydrogen) atoms. The van der Waals surface area contributed by atoms with Crippen molar-refractivity contribution in [3.63, 3.8) is 0 Å². The fourth-order valence-corrected chi connectivity index (χ4v) is 1.89. The predicted molar refractivity (Wildman–Crippen MR) is 76.1 cm³/mol. The Labute approximate surface area is 124 Å². The number of methoxy groups -OCH3 is 2. The van der Waals surface area contributed by atoms with Crippen LogP contribution in [-0.2, 0) is 9.53 Å². The van der Waals surface area contributed by atoms with Crippen LogP contribution in [0.1, 0.15) is 0 Å². The lowest BCUT2D eigenvalue weighted by Crippen LogP contribution is -2.45. The molecule has 0 heterocycles. The zero-order valence-electron chi connectivity index (χ0n) is 11.0. The van der Waals surface area contributed by atoms with Gasteiger partial charge in [-0.15, -0.1) is 0 Å². The fourth-order valence-electron chi connectivity index (χ4n) is 1.42. The SMILES string of the molecule is COCC(NC(=O)Nc1cc(Br)cc(OC)c1)C(=O)O. The van der Waals surface area contributed by atoms with E-state index in [4.69, 9.17) is 14.6 Å². The van der Waals surface area contributed by atoms with Gasteiger partial charge in [0.05, 0.1) is 13.7 Å². The number of rotatable bonds is 6. The van der Waals surface area contributed by atoms with E-state index < -0.39 is 18.0 Å². The van der Waals surface area contributed by atoms with Gasteiger partial charge in [0, 0.05) is 23.3 Å². The average molecular weight is 347 g/mol. The molecule has 7 nitrogen and oxygen atoms in total. The smallest absolute Gasteiger partial charge is 0.328 e. The van der Waals surface area contributed by atoms with Crippen LogP contribution in [0.25, 0.3) is 0 Å². The number of hydrogen-bond acceptors (Lipinski definition) is 4. The van der Waals surface area contributed by atoms with Crippen molar-refractivity contribution in [2.45, 2.75) is 6.04 Å². The van der Waals surface area contributed by atoms with E-state index in [0.717, 1.165) is 4.47 Å². The molecule has 0 aliphatic carbocycles. The number of ether oxygens (including phenoxy) is 2. The molecule has 0 aliphatic heterocycles. The zero-order valence-corrected chi connectivity index (χ0v) is 12.6. The highest BCUT2D eigenvalue weighted by molar-refractivity contribution is 9.10. The van der Waals surface area contributed by atoms with Crippen molar-refractivity contribution in [3.8, 4) is 5.75 Å². The monoisotopic (exact) mass is 346 g/mol. The Morgan fingerprint density at radius 3 is 2.60 bits per heavy atom. The Morgan fingerprint density at radius 2 is 2.05 bits per heavy atom. The number of carbonyl (C=O) groups is 2. The minimum Gasteiger partial charge on any atom is -0.497 e. The summed E-state index contributed by atoms with van der Waals surface area (Å²) in [6.07, 6.45) is 0. The summed E-state index contributed by atoms with van der Waals surface area (Å²) in [6, 6.07) is 3.24. The number of carboxylic acid groups (broad SMARTS) is 1. The molecule has 0 bridgehead atoms. The number of aliphatic carboxylic acids is 1. The van der Waals surface area contributed by atoms with Crippen molar-refractivity contribution in [1.29, 1.82) is 0 Å². The summed E-state index contributed by atoms with van der Waals surface area (Å²) < 4.78 is 10.5. The van der Waals surface area contributed by atoms with Gasteiger partial charge < -0.3 is 25.2 Å². The van der Waals surface area contributed by atoms with E-state index in [0.29, 0.717) is 11.4 Å². The van der Waals surface area contributed by atoms with Crippen LogP contribution in [-0.4, -0.2) is 44.0 Å². The molecule has 1 aromatic carbocycles. The van der Waals surface area contributed by atoms with E-state index in [1.165, 1.54) is 14.2 Å². The highest BCUT2D eigenvalue weighted by atomic mass is 79.9. The number of carboxylic acids is 1. The van der Waals surface area contributed by atoms with Crippen LogP contribution in [0.3, 0.4) is 0 Å². The molecule has 0 spiro atoms. The minimum absolute atomic E-state index is 0.120. The standard InChI is InChI=1S/C12H15BrN2O5/c1-19-6-10(11(16)17)15-12(18)14-8-3-7(13)4-9(5-8)20-2/h3-5,10H,6H2,1-2H3,(H,16,17)(H2,14,15,18). The van der Waals surface area contributed by atoms with Gasteiger partial charge >= 0.3 is 12.0 Å². The second kappa shape index (κ2) is 7.71. The van der Waals surface area contributed by atoms with E-state index in [1.807, 2.05) is 0 Å². The number of amides is 2. The lowest BCUT2D eigenvalue weighted by Gasteiger charge is -2.14. The summed E-state index contributed by atoms with van der Waals surface area (Å²) in [4.78, 5) is 22.6. The van der Waals surface area contributed by atoms with E-state index in [2.05, 4.69) is 26.6 Å². The number of benzene rings is 1. The van der Waals surface area contributed by atoms with Gasteiger partial charge in [-0.05, 0) is 12.1 Å². The summed E-state index contributed by atoms with van der Waals surface area (Å²) >= 11 is 3.28. The Hall–Kier alpha value is -1.80. The van der Waals surface area contributed by atoms with Gasteiger partial charge in [-0.3, -0.25) is 0 Å². The molecule has 0 radical (unpaired) electrons. The van der Waals surface area contributed by atoms with E-state index >= 15 is 0 Å². The number of halogens is 1. The first-order valence-corrected chi connectivity index (χ1v) is 6.39. The van der Waals surface area contributed by atoms with Gasteiger partial charge in [0.2, 0.25) is 0 Å². The quantitative estimate of drug-likeness (QED) is 0.728. The molecule has 0 saturated heterocycles. The summed E-state index contributed by atoms with van der Waals surface area (Å²) in [5.41, 5.74) is 0.468. The van der Waals surface area contributed by atoms with Gasteiger partial charge in [-0.2, -0.15) is 0 Å². The molecule has 3 N–H and O–H groups in total. The van der Waals surface area contributed by atoms with Crippen molar-refractivity contribution >= 4 is 33.6 Å². The third-order valence-corrected chi connectivity index (χ3v) is 2.76. The fraction of sp³-hybridized carbons (Fsp3) is 0.333. The molecule has 0 fully saturated rings. The summed E-state index contributed by atoms with van der Waals surface area (Å²) in [7, 11) is 2.86. The number of hydrogen-bond donors (Lipinski definition) is 3. The molecule has 1 atom stereocenters. The van der Waals surface area contributed by atoms with Crippen molar-refractivity contribution < 1.29 is 24.2 Å². The molecule has 0 aromatic heterocycles. The second-order valence-corrected chi connectivity index (χ2v) is 4.74. The van der Waals surface area contributed by atoms with Crippen molar-refractivity contribution in [2.24, 2.45) is 0 Å². The molecule has 0 saturated carbocycles. The normalized spacial score (nSPS) is 11.6. The summed E-state index contributed by atoms with van der Waals surface area (Å²) in [5, 5.41) is 13.7. The lowest BCUT2D eigenvalue weighted by molar-refractivity contribution is -0.140. The lowest BCUT2D eigenvalue weighted by atomic mass is 10.3. The van der Waals surface area contributed by atoms with Crippen LogP contribution in [0.5, 0.6) is 5.75 Å². The van der Waals surface area contributed by atoms with Gasteiger partial charge in [0.25, 0.3) is 0 Å². The van der Waals surface area contributed by atoms with Crippen molar-refractivity contribution in [1.82, 2.24) is 5.32 Å². The van der Waals surface area contributed by atoms with E-state index in [9.17, 15) is 9.59 Å². The first-order valence-electron chi connectivity index (χ1n) is 5.60. The van der Waals surface area contributed by atoms with Gasteiger partial charge in [0.1, 0.15) is 5.75 Å². The molecule has 1 aromatic rings. The zero-order chi connectivity index (χ0) is 15.1.